The number of nitrogens with zero attached hydrogens (tertiary/aromatic N) is 1. The predicted molar refractivity (Wildman–Crippen MR) is 108 cm³/mol. The summed E-state index contributed by atoms with van der Waals surface area (Å²) in [5.41, 5.74) is 0.410. The SMILES string of the molecule is CCOc1cccc(N2C(=O)/C(=C/c3cc(Br)c(Br)o3)C(=O)NC2=S)c1. The summed E-state index contributed by atoms with van der Waals surface area (Å²) in [6.07, 6.45) is 1.37. The van der Waals surface area contributed by atoms with E-state index in [1.165, 1.54) is 11.0 Å². The molecule has 1 aromatic carbocycles. The molecule has 2 heterocycles. The van der Waals surface area contributed by atoms with Crippen molar-refractivity contribution in [3.05, 3.63) is 50.8 Å². The molecular formula is C17H12Br2N2O4S. The molecule has 0 bridgehead atoms. The molecule has 0 saturated carbocycles. The first-order chi connectivity index (χ1) is 12.4. The van der Waals surface area contributed by atoms with Crippen LogP contribution in [0.4, 0.5) is 5.69 Å². The molecule has 26 heavy (non-hydrogen) atoms. The molecule has 2 amide bonds. The fourth-order valence-electron chi connectivity index (χ4n) is 2.35. The van der Waals surface area contributed by atoms with Gasteiger partial charge in [-0.2, -0.15) is 0 Å². The zero-order chi connectivity index (χ0) is 18.8. The molecule has 0 aliphatic carbocycles. The predicted octanol–water partition coefficient (Wildman–Crippen LogP) is 4.03. The molecule has 1 aliphatic rings. The van der Waals surface area contributed by atoms with Crippen LogP contribution in [0.5, 0.6) is 5.75 Å². The third kappa shape index (κ3) is 3.74. The average Bonchev–Trinajstić information content (AvgIpc) is 2.90. The van der Waals surface area contributed by atoms with Crippen LogP contribution in [-0.2, 0) is 9.59 Å². The number of anilines is 1. The van der Waals surface area contributed by atoms with Crippen molar-refractivity contribution in [2.24, 2.45) is 0 Å². The number of carbonyl (C=O) groups is 2. The second kappa shape index (κ2) is 7.73. The molecule has 134 valence electrons. The van der Waals surface area contributed by atoms with Gasteiger partial charge in [0.1, 0.15) is 17.1 Å². The van der Waals surface area contributed by atoms with Crippen molar-refractivity contribution < 1.29 is 18.7 Å². The van der Waals surface area contributed by atoms with Crippen LogP contribution in [0.3, 0.4) is 0 Å². The highest BCUT2D eigenvalue weighted by molar-refractivity contribution is 9.13. The molecule has 1 saturated heterocycles. The summed E-state index contributed by atoms with van der Waals surface area (Å²) in [7, 11) is 0. The van der Waals surface area contributed by atoms with E-state index < -0.39 is 11.8 Å². The number of furan rings is 1. The van der Waals surface area contributed by atoms with Crippen LogP contribution >= 0.6 is 44.1 Å². The molecule has 0 atom stereocenters. The van der Waals surface area contributed by atoms with Gasteiger partial charge in [-0.25, -0.2) is 0 Å². The molecule has 1 aliphatic heterocycles. The number of amides is 2. The third-order valence-corrected chi connectivity index (χ3v) is 5.43. The van der Waals surface area contributed by atoms with Gasteiger partial charge in [0.05, 0.1) is 16.8 Å². The normalized spacial score (nSPS) is 16.2. The minimum absolute atomic E-state index is 0.00704. The number of nitrogens with one attached hydrogen (secondary N) is 1. The highest BCUT2D eigenvalue weighted by Crippen LogP contribution is 2.29. The van der Waals surface area contributed by atoms with Crippen molar-refractivity contribution in [2.45, 2.75) is 6.92 Å². The largest absolute Gasteiger partial charge is 0.494 e. The molecule has 1 aromatic heterocycles. The lowest BCUT2D eigenvalue weighted by atomic mass is 10.1. The first kappa shape index (κ1) is 18.8. The van der Waals surface area contributed by atoms with Crippen LogP contribution in [0.25, 0.3) is 6.08 Å². The minimum atomic E-state index is -0.583. The second-order valence-electron chi connectivity index (χ2n) is 5.16. The number of halogens is 2. The van der Waals surface area contributed by atoms with Crippen molar-refractivity contribution in [3.8, 4) is 5.75 Å². The lowest BCUT2D eigenvalue weighted by Crippen LogP contribution is -2.54. The van der Waals surface area contributed by atoms with Crippen molar-refractivity contribution in [3.63, 3.8) is 0 Å². The van der Waals surface area contributed by atoms with Crippen molar-refractivity contribution >= 4 is 72.8 Å². The number of hydrogen-bond acceptors (Lipinski definition) is 5. The summed E-state index contributed by atoms with van der Waals surface area (Å²) in [4.78, 5) is 26.4. The lowest BCUT2D eigenvalue weighted by molar-refractivity contribution is -0.122. The lowest BCUT2D eigenvalue weighted by Gasteiger charge is -2.29. The van der Waals surface area contributed by atoms with Crippen LogP contribution in [0.15, 0.2) is 49.5 Å². The Balaban J connectivity index is 1.99. The summed E-state index contributed by atoms with van der Waals surface area (Å²) >= 11 is 11.7. The summed E-state index contributed by atoms with van der Waals surface area (Å²) in [6.45, 7) is 2.36. The Morgan fingerprint density at radius 2 is 2.08 bits per heavy atom. The van der Waals surface area contributed by atoms with Gasteiger partial charge >= 0.3 is 0 Å². The monoisotopic (exact) mass is 498 g/mol. The van der Waals surface area contributed by atoms with Gasteiger partial charge in [0.15, 0.2) is 9.78 Å². The topological polar surface area (TPSA) is 71.8 Å². The van der Waals surface area contributed by atoms with Crippen LogP contribution < -0.4 is 15.0 Å². The van der Waals surface area contributed by atoms with E-state index in [1.807, 2.05) is 6.92 Å². The fourth-order valence-corrected chi connectivity index (χ4v) is 3.24. The standard InChI is InChI=1S/C17H12Br2N2O4S/c1-2-24-10-5-3-4-9(6-10)21-16(23)12(15(22)20-17(21)26)7-11-8-13(18)14(19)25-11/h3-8H,2H2,1H3,(H,20,22,26)/b12-7+. The minimum Gasteiger partial charge on any atom is -0.494 e. The number of rotatable bonds is 4. The number of thiocarbonyl (C=S) groups is 1. The summed E-state index contributed by atoms with van der Waals surface area (Å²) < 4.78 is 12.0. The fraction of sp³-hybridized carbons (Fsp3) is 0.118. The maximum Gasteiger partial charge on any atom is 0.270 e. The Bertz CT molecular complexity index is 919. The Kier molecular flexibility index (Phi) is 5.59. The molecule has 1 N–H and O–H groups in total. The van der Waals surface area contributed by atoms with Gasteiger partial charge in [-0.3, -0.25) is 19.8 Å². The smallest absolute Gasteiger partial charge is 0.270 e. The van der Waals surface area contributed by atoms with E-state index in [4.69, 9.17) is 21.4 Å². The maximum atomic E-state index is 12.9. The third-order valence-electron chi connectivity index (χ3n) is 3.44. The van der Waals surface area contributed by atoms with Crippen LogP contribution in [0.2, 0.25) is 0 Å². The van der Waals surface area contributed by atoms with Gasteiger partial charge in [0.2, 0.25) is 0 Å². The molecule has 3 rings (SSSR count). The van der Waals surface area contributed by atoms with Gasteiger partial charge < -0.3 is 9.15 Å². The Labute approximate surface area is 171 Å². The van der Waals surface area contributed by atoms with Crippen LogP contribution in [0, 0.1) is 0 Å². The van der Waals surface area contributed by atoms with Gasteiger partial charge in [-0.15, -0.1) is 0 Å². The Morgan fingerprint density at radius 3 is 2.73 bits per heavy atom. The highest BCUT2D eigenvalue weighted by atomic mass is 79.9. The Hall–Kier alpha value is -1.97. The van der Waals surface area contributed by atoms with E-state index in [-0.39, 0.29) is 10.7 Å². The highest BCUT2D eigenvalue weighted by Gasteiger charge is 2.35. The van der Waals surface area contributed by atoms with Gasteiger partial charge in [0.25, 0.3) is 11.8 Å². The van der Waals surface area contributed by atoms with E-state index in [9.17, 15) is 9.59 Å². The Morgan fingerprint density at radius 1 is 1.31 bits per heavy atom. The molecule has 1 fully saturated rings. The summed E-state index contributed by atoms with van der Waals surface area (Å²) in [5.74, 6) is -0.183. The maximum absolute atomic E-state index is 12.9. The molecule has 2 aromatic rings. The van der Waals surface area contributed by atoms with E-state index in [0.29, 0.717) is 32.9 Å². The quantitative estimate of drug-likeness (QED) is 0.390. The molecule has 0 spiro atoms. The van der Waals surface area contributed by atoms with Gasteiger partial charge in [-0.1, -0.05) is 6.07 Å². The molecule has 6 nitrogen and oxygen atoms in total. The molecule has 0 unspecified atom stereocenters. The van der Waals surface area contributed by atoms with Crippen molar-refractivity contribution in [1.82, 2.24) is 5.32 Å². The number of carbonyl (C=O) groups excluding carboxylic acids is 2. The van der Waals surface area contributed by atoms with E-state index in [1.54, 1.807) is 30.3 Å². The summed E-state index contributed by atoms with van der Waals surface area (Å²) in [5, 5.41) is 2.53. The second-order valence-corrected chi connectivity index (χ2v) is 7.12. The van der Waals surface area contributed by atoms with Gasteiger partial charge in [0, 0.05) is 6.07 Å². The van der Waals surface area contributed by atoms with Crippen molar-refractivity contribution in [1.29, 1.82) is 0 Å². The van der Waals surface area contributed by atoms with E-state index >= 15 is 0 Å². The number of hydrogen-bond donors (Lipinski definition) is 1. The van der Waals surface area contributed by atoms with E-state index in [2.05, 4.69) is 37.2 Å². The van der Waals surface area contributed by atoms with Crippen LogP contribution in [-0.4, -0.2) is 23.5 Å². The molecular weight excluding hydrogens is 488 g/mol. The van der Waals surface area contributed by atoms with Crippen molar-refractivity contribution in [2.75, 3.05) is 11.5 Å². The number of ether oxygens (including phenoxy) is 1. The van der Waals surface area contributed by atoms with Gasteiger partial charge in [-0.05, 0) is 75.3 Å². The molecule has 0 radical (unpaired) electrons. The van der Waals surface area contributed by atoms with E-state index in [0.717, 1.165) is 0 Å². The first-order valence-electron chi connectivity index (χ1n) is 7.50. The zero-order valence-electron chi connectivity index (χ0n) is 13.4. The number of benzene rings is 1. The van der Waals surface area contributed by atoms with Crippen LogP contribution in [0.1, 0.15) is 12.7 Å². The average molecular weight is 500 g/mol. The summed E-state index contributed by atoms with van der Waals surface area (Å²) in [6, 6.07) is 8.56. The zero-order valence-corrected chi connectivity index (χ0v) is 17.4. The first-order valence-corrected chi connectivity index (χ1v) is 9.49. The molecule has 9 heteroatoms.